The largest absolute Gasteiger partial charge is 0.382 e. The standard InChI is InChI=1S/C12H21N5/c1-3-16(4-2)10-7-8-17(9-10)12-6-5-11(13)14-15-12/h5-6,10H,3-4,7-9H2,1-2H3,(H2,13,14). The first-order valence-corrected chi connectivity index (χ1v) is 6.32. The van der Waals surface area contributed by atoms with Crippen LogP contribution in [0, 0.1) is 0 Å². The molecule has 1 aliphatic rings. The highest BCUT2D eigenvalue weighted by Crippen LogP contribution is 2.20. The topological polar surface area (TPSA) is 58.3 Å². The Labute approximate surface area is 103 Å². The Morgan fingerprint density at radius 2 is 2.12 bits per heavy atom. The van der Waals surface area contributed by atoms with E-state index in [0.29, 0.717) is 11.9 Å². The molecular weight excluding hydrogens is 214 g/mol. The van der Waals surface area contributed by atoms with Gasteiger partial charge in [0.2, 0.25) is 0 Å². The lowest BCUT2D eigenvalue weighted by Gasteiger charge is -2.26. The van der Waals surface area contributed by atoms with Crippen molar-refractivity contribution in [1.29, 1.82) is 0 Å². The molecule has 17 heavy (non-hydrogen) atoms. The van der Waals surface area contributed by atoms with Gasteiger partial charge in [-0.3, -0.25) is 4.90 Å². The van der Waals surface area contributed by atoms with Gasteiger partial charge in [-0.05, 0) is 31.6 Å². The third-order valence-corrected chi connectivity index (χ3v) is 3.49. The van der Waals surface area contributed by atoms with Crippen LogP contribution in [0.15, 0.2) is 12.1 Å². The van der Waals surface area contributed by atoms with Crippen LogP contribution in [-0.4, -0.2) is 47.3 Å². The first-order valence-electron chi connectivity index (χ1n) is 6.32. The molecule has 0 spiro atoms. The molecule has 0 radical (unpaired) electrons. The van der Waals surface area contributed by atoms with Crippen LogP contribution >= 0.6 is 0 Å². The molecule has 0 aromatic carbocycles. The highest BCUT2D eigenvalue weighted by atomic mass is 15.3. The van der Waals surface area contributed by atoms with Crippen molar-refractivity contribution in [1.82, 2.24) is 15.1 Å². The molecule has 0 saturated carbocycles. The Kier molecular flexibility index (Phi) is 3.78. The van der Waals surface area contributed by atoms with E-state index >= 15 is 0 Å². The highest BCUT2D eigenvalue weighted by molar-refractivity contribution is 5.42. The van der Waals surface area contributed by atoms with Gasteiger partial charge in [0.25, 0.3) is 0 Å². The summed E-state index contributed by atoms with van der Waals surface area (Å²) in [6, 6.07) is 4.41. The number of aromatic nitrogens is 2. The molecule has 1 aromatic rings. The van der Waals surface area contributed by atoms with E-state index < -0.39 is 0 Å². The van der Waals surface area contributed by atoms with Crippen molar-refractivity contribution in [2.45, 2.75) is 26.3 Å². The molecule has 0 bridgehead atoms. The lowest BCUT2D eigenvalue weighted by atomic mass is 10.2. The number of nitrogen functional groups attached to an aromatic ring is 1. The van der Waals surface area contributed by atoms with Gasteiger partial charge in [0.15, 0.2) is 5.82 Å². The van der Waals surface area contributed by atoms with Crippen molar-refractivity contribution in [2.24, 2.45) is 0 Å². The van der Waals surface area contributed by atoms with Crippen LogP contribution in [0.5, 0.6) is 0 Å². The first kappa shape index (κ1) is 12.1. The molecule has 1 atom stereocenters. The molecule has 2 heterocycles. The van der Waals surface area contributed by atoms with E-state index in [4.69, 9.17) is 5.73 Å². The van der Waals surface area contributed by atoms with Crippen molar-refractivity contribution in [3.05, 3.63) is 12.1 Å². The van der Waals surface area contributed by atoms with Crippen molar-refractivity contribution in [2.75, 3.05) is 36.8 Å². The van der Waals surface area contributed by atoms with Crippen molar-refractivity contribution < 1.29 is 0 Å². The number of hydrogen-bond acceptors (Lipinski definition) is 5. The molecule has 2 rings (SSSR count). The minimum Gasteiger partial charge on any atom is -0.382 e. The van der Waals surface area contributed by atoms with Crippen LogP contribution < -0.4 is 10.6 Å². The molecule has 1 saturated heterocycles. The van der Waals surface area contributed by atoms with Gasteiger partial charge >= 0.3 is 0 Å². The van der Waals surface area contributed by atoms with Crippen molar-refractivity contribution >= 4 is 11.6 Å². The van der Waals surface area contributed by atoms with Crippen LogP contribution in [0.25, 0.3) is 0 Å². The van der Waals surface area contributed by atoms with Gasteiger partial charge in [-0.2, -0.15) is 0 Å². The van der Waals surface area contributed by atoms with E-state index in [1.165, 1.54) is 6.42 Å². The van der Waals surface area contributed by atoms with Crippen LogP contribution in [0.1, 0.15) is 20.3 Å². The average molecular weight is 235 g/mol. The molecule has 5 heteroatoms. The summed E-state index contributed by atoms with van der Waals surface area (Å²) in [6.45, 7) is 8.76. The van der Waals surface area contributed by atoms with E-state index in [1.807, 2.05) is 12.1 Å². The summed E-state index contributed by atoms with van der Waals surface area (Å²) in [5.74, 6) is 1.42. The summed E-state index contributed by atoms with van der Waals surface area (Å²) < 4.78 is 0. The van der Waals surface area contributed by atoms with E-state index in [1.54, 1.807) is 0 Å². The molecule has 1 aliphatic heterocycles. The number of nitrogens with zero attached hydrogens (tertiary/aromatic N) is 4. The van der Waals surface area contributed by atoms with Gasteiger partial charge < -0.3 is 10.6 Å². The van der Waals surface area contributed by atoms with Crippen molar-refractivity contribution in [3.63, 3.8) is 0 Å². The van der Waals surface area contributed by atoms with E-state index in [2.05, 4.69) is 33.8 Å². The number of hydrogen-bond donors (Lipinski definition) is 1. The maximum absolute atomic E-state index is 5.54. The Morgan fingerprint density at radius 1 is 1.35 bits per heavy atom. The average Bonchev–Trinajstić information content (AvgIpc) is 2.81. The molecule has 94 valence electrons. The van der Waals surface area contributed by atoms with Crippen LogP contribution in [0.3, 0.4) is 0 Å². The van der Waals surface area contributed by atoms with Crippen LogP contribution in [0.4, 0.5) is 11.6 Å². The minimum atomic E-state index is 0.480. The summed E-state index contributed by atoms with van der Waals surface area (Å²) in [6.07, 6.45) is 1.20. The van der Waals surface area contributed by atoms with Crippen LogP contribution in [-0.2, 0) is 0 Å². The number of likely N-dealkylation sites (N-methyl/N-ethyl adjacent to an activating group) is 1. The van der Waals surface area contributed by atoms with Gasteiger partial charge in [-0.15, -0.1) is 10.2 Å². The third-order valence-electron chi connectivity index (χ3n) is 3.49. The second-order valence-electron chi connectivity index (χ2n) is 4.43. The molecule has 0 amide bonds. The van der Waals surface area contributed by atoms with Gasteiger partial charge in [0, 0.05) is 19.1 Å². The second-order valence-corrected chi connectivity index (χ2v) is 4.43. The molecule has 5 nitrogen and oxygen atoms in total. The normalized spacial score (nSPS) is 20.2. The fourth-order valence-electron chi connectivity index (χ4n) is 2.49. The first-order chi connectivity index (χ1) is 8.24. The smallest absolute Gasteiger partial charge is 0.151 e. The molecule has 1 aromatic heterocycles. The minimum absolute atomic E-state index is 0.480. The SMILES string of the molecule is CCN(CC)C1CCN(c2ccc(N)nn2)C1. The van der Waals surface area contributed by atoms with Gasteiger partial charge in [0.1, 0.15) is 5.82 Å². The van der Waals surface area contributed by atoms with E-state index in [-0.39, 0.29) is 0 Å². The third kappa shape index (κ3) is 2.66. The highest BCUT2D eigenvalue weighted by Gasteiger charge is 2.26. The van der Waals surface area contributed by atoms with Gasteiger partial charge in [-0.1, -0.05) is 13.8 Å². The fourth-order valence-corrected chi connectivity index (χ4v) is 2.49. The summed E-state index contributed by atoms with van der Waals surface area (Å²) in [5, 5.41) is 8.04. The zero-order valence-electron chi connectivity index (χ0n) is 10.6. The predicted molar refractivity (Wildman–Crippen MR) is 70.0 cm³/mol. The lowest BCUT2D eigenvalue weighted by molar-refractivity contribution is 0.232. The summed E-state index contributed by atoms with van der Waals surface area (Å²) in [5.41, 5.74) is 5.54. The number of rotatable bonds is 4. The zero-order valence-corrected chi connectivity index (χ0v) is 10.6. The Hall–Kier alpha value is -1.36. The Balaban J connectivity index is 2.00. The Bertz CT molecular complexity index is 346. The summed E-state index contributed by atoms with van der Waals surface area (Å²) in [7, 11) is 0. The fraction of sp³-hybridized carbons (Fsp3) is 0.667. The number of anilines is 2. The molecule has 2 N–H and O–H groups in total. The van der Waals surface area contributed by atoms with E-state index in [9.17, 15) is 0 Å². The maximum Gasteiger partial charge on any atom is 0.151 e. The Morgan fingerprint density at radius 3 is 2.71 bits per heavy atom. The molecule has 0 aliphatic carbocycles. The quantitative estimate of drug-likeness (QED) is 0.843. The predicted octanol–water partition coefficient (Wildman–Crippen LogP) is 0.979. The molecule has 1 fully saturated rings. The number of nitrogens with two attached hydrogens (primary N) is 1. The maximum atomic E-state index is 5.54. The summed E-state index contributed by atoms with van der Waals surface area (Å²) in [4.78, 5) is 4.79. The van der Waals surface area contributed by atoms with Gasteiger partial charge in [0.05, 0.1) is 0 Å². The molecule has 1 unspecified atom stereocenters. The van der Waals surface area contributed by atoms with Crippen molar-refractivity contribution in [3.8, 4) is 0 Å². The van der Waals surface area contributed by atoms with E-state index in [0.717, 1.165) is 32.0 Å². The molecular formula is C12H21N5. The monoisotopic (exact) mass is 235 g/mol. The lowest BCUT2D eigenvalue weighted by Crippen LogP contribution is -2.37. The zero-order chi connectivity index (χ0) is 12.3. The van der Waals surface area contributed by atoms with Crippen LogP contribution in [0.2, 0.25) is 0 Å². The summed E-state index contributed by atoms with van der Waals surface area (Å²) >= 11 is 0. The second kappa shape index (κ2) is 5.31. The van der Waals surface area contributed by atoms with Gasteiger partial charge in [-0.25, -0.2) is 0 Å².